The molecule has 0 aromatic heterocycles. The van der Waals surface area contributed by atoms with Gasteiger partial charge in [0.05, 0.1) is 19.8 Å². The summed E-state index contributed by atoms with van der Waals surface area (Å²) >= 11 is 3.44. The fourth-order valence-corrected chi connectivity index (χ4v) is 2.57. The molecule has 0 bridgehead atoms. The topological polar surface area (TPSA) is 44.5 Å². The summed E-state index contributed by atoms with van der Waals surface area (Å²) in [7, 11) is 3.37. The summed E-state index contributed by atoms with van der Waals surface area (Å²) in [5.41, 5.74) is 9.66. The average Bonchev–Trinajstić information content (AvgIpc) is 2.52. The average molecular weight is 350 g/mol. The molecule has 21 heavy (non-hydrogen) atoms. The lowest BCUT2D eigenvalue weighted by Crippen LogP contribution is -2.13. The minimum atomic E-state index is -0.204. The van der Waals surface area contributed by atoms with Crippen molar-refractivity contribution in [3.63, 3.8) is 0 Å². The molecule has 2 N–H and O–H groups in total. The van der Waals surface area contributed by atoms with Crippen LogP contribution in [-0.2, 0) is 11.2 Å². The summed E-state index contributed by atoms with van der Waals surface area (Å²) in [6.07, 6.45) is 0.910. The lowest BCUT2D eigenvalue weighted by Gasteiger charge is -2.17. The van der Waals surface area contributed by atoms with Gasteiger partial charge in [0.15, 0.2) is 0 Å². The van der Waals surface area contributed by atoms with E-state index in [2.05, 4.69) is 40.2 Å². The maximum Gasteiger partial charge on any atom is 0.125 e. The first kappa shape index (κ1) is 16.0. The molecular formula is C17H20BrNO2. The van der Waals surface area contributed by atoms with E-state index in [1.165, 1.54) is 5.56 Å². The van der Waals surface area contributed by atoms with Gasteiger partial charge in [0, 0.05) is 17.1 Å². The van der Waals surface area contributed by atoms with Gasteiger partial charge in [-0.15, -0.1) is 0 Å². The maximum absolute atomic E-state index is 6.37. The van der Waals surface area contributed by atoms with Crippen LogP contribution in [0.4, 0.5) is 0 Å². The predicted molar refractivity (Wildman–Crippen MR) is 88.7 cm³/mol. The van der Waals surface area contributed by atoms with Crippen LogP contribution in [-0.4, -0.2) is 20.8 Å². The molecule has 0 saturated carbocycles. The summed E-state index contributed by atoms with van der Waals surface area (Å²) in [5, 5.41) is 0. The van der Waals surface area contributed by atoms with Crippen LogP contribution < -0.4 is 10.5 Å². The quantitative estimate of drug-likeness (QED) is 0.864. The van der Waals surface area contributed by atoms with Crippen molar-refractivity contribution in [2.45, 2.75) is 12.5 Å². The standard InChI is InChI=1S/C17H20BrNO2/c1-20-10-9-12-3-5-13(6-4-12)17(19)15-8-7-14(18)11-16(15)21-2/h3-8,11,17H,9-10,19H2,1-2H3. The molecule has 4 heteroatoms. The smallest absolute Gasteiger partial charge is 0.125 e. The van der Waals surface area contributed by atoms with Crippen molar-refractivity contribution in [2.75, 3.05) is 20.8 Å². The molecule has 1 atom stereocenters. The van der Waals surface area contributed by atoms with E-state index >= 15 is 0 Å². The Morgan fingerprint density at radius 1 is 1.10 bits per heavy atom. The van der Waals surface area contributed by atoms with Crippen molar-refractivity contribution >= 4 is 15.9 Å². The largest absolute Gasteiger partial charge is 0.496 e. The zero-order chi connectivity index (χ0) is 15.2. The van der Waals surface area contributed by atoms with Gasteiger partial charge in [-0.25, -0.2) is 0 Å². The zero-order valence-electron chi connectivity index (χ0n) is 12.3. The maximum atomic E-state index is 6.37. The molecule has 2 aromatic carbocycles. The van der Waals surface area contributed by atoms with Crippen molar-refractivity contribution < 1.29 is 9.47 Å². The SMILES string of the molecule is COCCc1ccc(C(N)c2ccc(Br)cc2OC)cc1. The summed E-state index contributed by atoms with van der Waals surface area (Å²) in [5.74, 6) is 0.792. The molecule has 0 aliphatic carbocycles. The first-order valence-corrected chi connectivity index (χ1v) is 7.61. The second-order valence-electron chi connectivity index (χ2n) is 4.85. The van der Waals surface area contributed by atoms with Crippen LogP contribution in [0.1, 0.15) is 22.7 Å². The van der Waals surface area contributed by atoms with Crippen LogP contribution in [0.2, 0.25) is 0 Å². The summed E-state index contributed by atoms with van der Waals surface area (Å²) < 4.78 is 11.5. The highest BCUT2D eigenvalue weighted by Crippen LogP contribution is 2.31. The number of nitrogens with two attached hydrogens (primary N) is 1. The summed E-state index contributed by atoms with van der Waals surface area (Å²) in [6, 6.07) is 14.0. The molecule has 112 valence electrons. The van der Waals surface area contributed by atoms with Crippen LogP contribution >= 0.6 is 15.9 Å². The van der Waals surface area contributed by atoms with Crippen LogP contribution in [0.25, 0.3) is 0 Å². The molecule has 0 fully saturated rings. The molecule has 3 nitrogen and oxygen atoms in total. The molecule has 0 spiro atoms. The van der Waals surface area contributed by atoms with E-state index in [9.17, 15) is 0 Å². The summed E-state index contributed by atoms with van der Waals surface area (Å²) in [4.78, 5) is 0. The highest BCUT2D eigenvalue weighted by Gasteiger charge is 2.14. The van der Waals surface area contributed by atoms with Crippen molar-refractivity contribution in [3.8, 4) is 5.75 Å². The van der Waals surface area contributed by atoms with Gasteiger partial charge >= 0.3 is 0 Å². The third-order valence-electron chi connectivity index (χ3n) is 3.46. The fourth-order valence-electron chi connectivity index (χ4n) is 2.23. The van der Waals surface area contributed by atoms with Crippen LogP contribution in [0.15, 0.2) is 46.9 Å². The van der Waals surface area contributed by atoms with E-state index in [1.807, 2.05) is 18.2 Å². The van der Waals surface area contributed by atoms with Crippen LogP contribution in [0.5, 0.6) is 5.75 Å². The van der Waals surface area contributed by atoms with Crippen molar-refractivity contribution in [3.05, 3.63) is 63.6 Å². The zero-order valence-corrected chi connectivity index (χ0v) is 13.9. The van der Waals surface area contributed by atoms with Crippen LogP contribution in [0.3, 0.4) is 0 Å². The highest BCUT2D eigenvalue weighted by atomic mass is 79.9. The molecule has 0 heterocycles. The van der Waals surface area contributed by atoms with Gasteiger partial charge < -0.3 is 15.2 Å². The molecule has 0 aliphatic rings. The van der Waals surface area contributed by atoms with E-state index in [-0.39, 0.29) is 6.04 Å². The van der Waals surface area contributed by atoms with Crippen LogP contribution in [0, 0.1) is 0 Å². The third-order valence-corrected chi connectivity index (χ3v) is 3.96. The number of halogens is 1. The van der Waals surface area contributed by atoms with E-state index in [0.29, 0.717) is 0 Å². The minimum Gasteiger partial charge on any atom is -0.496 e. The first-order chi connectivity index (χ1) is 10.2. The Hall–Kier alpha value is -1.36. The van der Waals surface area contributed by atoms with Gasteiger partial charge in [0.25, 0.3) is 0 Å². The molecule has 2 rings (SSSR count). The molecule has 1 unspecified atom stereocenters. The Kier molecular flexibility index (Phi) is 5.79. The predicted octanol–water partition coefficient (Wildman–Crippen LogP) is 3.69. The normalized spacial score (nSPS) is 12.2. The van der Waals surface area contributed by atoms with E-state index in [4.69, 9.17) is 15.2 Å². The van der Waals surface area contributed by atoms with Gasteiger partial charge in [-0.1, -0.05) is 46.3 Å². The number of hydrogen-bond acceptors (Lipinski definition) is 3. The number of methoxy groups -OCH3 is 2. The van der Waals surface area contributed by atoms with Crippen molar-refractivity contribution in [1.82, 2.24) is 0 Å². The Labute approximate surface area is 134 Å². The first-order valence-electron chi connectivity index (χ1n) is 6.82. The monoisotopic (exact) mass is 349 g/mol. The molecule has 0 amide bonds. The van der Waals surface area contributed by atoms with Gasteiger partial charge in [0.1, 0.15) is 5.75 Å². The fraction of sp³-hybridized carbons (Fsp3) is 0.294. The molecule has 0 aliphatic heterocycles. The Morgan fingerprint density at radius 2 is 1.81 bits per heavy atom. The van der Waals surface area contributed by atoms with Gasteiger partial charge in [-0.3, -0.25) is 0 Å². The Morgan fingerprint density at radius 3 is 2.43 bits per heavy atom. The van der Waals surface area contributed by atoms with Crippen molar-refractivity contribution in [2.24, 2.45) is 5.73 Å². The number of ether oxygens (including phenoxy) is 2. The number of hydrogen-bond donors (Lipinski definition) is 1. The third kappa shape index (κ3) is 4.06. The van der Waals surface area contributed by atoms with Gasteiger partial charge in [0.2, 0.25) is 0 Å². The van der Waals surface area contributed by atoms with Gasteiger partial charge in [-0.05, 0) is 29.7 Å². The summed E-state index contributed by atoms with van der Waals surface area (Å²) in [6.45, 7) is 0.728. The lowest BCUT2D eigenvalue weighted by atomic mass is 9.97. The van der Waals surface area contributed by atoms with E-state index in [1.54, 1.807) is 14.2 Å². The Bertz CT molecular complexity index is 584. The molecule has 2 aromatic rings. The van der Waals surface area contributed by atoms with E-state index in [0.717, 1.165) is 34.4 Å². The number of benzene rings is 2. The second-order valence-corrected chi connectivity index (χ2v) is 5.76. The number of rotatable bonds is 6. The van der Waals surface area contributed by atoms with E-state index < -0.39 is 0 Å². The molecule has 0 radical (unpaired) electrons. The Balaban J connectivity index is 2.21. The van der Waals surface area contributed by atoms with Gasteiger partial charge in [-0.2, -0.15) is 0 Å². The van der Waals surface area contributed by atoms with Crippen molar-refractivity contribution in [1.29, 1.82) is 0 Å². The second kappa shape index (κ2) is 7.59. The molecular weight excluding hydrogens is 330 g/mol. The molecule has 0 saturated heterocycles. The minimum absolute atomic E-state index is 0.204. The lowest BCUT2D eigenvalue weighted by molar-refractivity contribution is 0.202. The highest BCUT2D eigenvalue weighted by molar-refractivity contribution is 9.10.